The van der Waals surface area contributed by atoms with Gasteiger partial charge < -0.3 is 14.2 Å². The third-order valence-electron chi connectivity index (χ3n) is 2.79. The van der Waals surface area contributed by atoms with Crippen molar-refractivity contribution in [3.63, 3.8) is 0 Å². The molecule has 2 aromatic rings. The Morgan fingerprint density at radius 1 is 0.900 bits per heavy atom. The van der Waals surface area contributed by atoms with Crippen LogP contribution in [0.5, 0.6) is 17.2 Å². The van der Waals surface area contributed by atoms with Crippen LogP contribution < -0.4 is 14.2 Å². The first-order valence-electron chi connectivity index (χ1n) is 5.90. The van der Waals surface area contributed by atoms with Crippen LogP contribution >= 0.6 is 11.8 Å². The van der Waals surface area contributed by atoms with E-state index in [1.807, 2.05) is 18.4 Å². The van der Waals surface area contributed by atoms with Gasteiger partial charge in [-0.05, 0) is 18.4 Å². The Bertz CT molecular complexity index is 562. The van der Waals surface area contributed by atoms with Crippen LogP contribution in [0.3, 0.4) is 0 Å². The molecule has 0 aliphatic carbocycles. The van der Waals surface area contributed by atoms with E-state index in [1.54, 1.807) is 45.5 Å². The average Bonchev–Trinajstić information content (AvgIpc) is 2.53. The van der Waals surface area contributed by atoms with Gasteiger partial charge in [-0.25, -0.2) is 9.97 Å². The van der Waals surface area contributed by atoms with E-state index in [2.05, 4.69) is 9.97 Å². The van der Waals surface area contributed by atoms with Crippen molar-refractivity contribution in [2.45, 2.75) is 4.90 Å². The number of methoxy groups -OCH3 is 3. The van der Waals surface area contributed by atoms with E-state index in [-0.39, 0.29) is 0 Å². The molecule has 0 N–H and O–H groups in total. The molecule has 0 fully saturated rings. The maximum absolute atomic E-state index is 5.32. The fraction of sp³-hybridized carbons (Fsp3) is 0.286. The fourth-order valence-corrected chi connectivity index (χ4v) is 2.10. The average molecular weight is 292 g/mol. The highest BCUT2D eigenvalue weighted by atomic mass is 32.2. The molecule has 6 heteroatoms. The second kappa shape index (κ2) is 6.47. The highest BCUT2D eigenvalue weighted by Gasteiger charge is 2.15. The molecular formula is C14H16N2O3S. The molecule has 106 valence electrons. The molecule has 0 aliphatic heterocycles. The number of thioether (sulfide) groups is 1. The monoisotopic (exact) mass is 292 g/mol. The molecule has 1 aromatic heterocycles. The maximum Gasteiger partial charge on any atom is 0.203 e. The van der Waals surface area contributed by atoms with E-state index in [4.69, 9.17) is 14.2 Å². The van der Waals surface area contributed by atoms with E-state index in [9.17, 15) is 0 Å². The summed E-state index contributed by atoms with van der Waals surface area (Å²) in [6, 6.07) is 3.66. The number of nitrogens with zero attached hydrogens (tertiary/aromatic N) is 2. The summed E-state index contributed by atoms with van der Waals surface area (Å²) in [7, 11) is 4.74. The number of hydrogen-bond donors (Lipinski definition) is 0. The fourth-order valence-electron chi connectivity index (χ4n) is 1.78. The summed E-state index contributed by atoms with van der Waals surface area (Å²) in [6.45, 7) is 0. The lowest BCUT2D eigenvalue weighted by molar-refractivity contribution is 0.324. The zero-order chi connectivity index (χ0) is 14.5. The second-order valence-corrected chi connectivity index (χ2v) is 4.74. The lowest BCUT2D eigenvalue weighted by Crippen LogP contribution is -1.97. The summed E-state index contributed by atoms with van der Waals surface area (Å²) >= 11 is 1.60. The lowest BCUT2D eigenvalue weighted by Gasteiger charge is -2.13. The molecule has 0 radical (unpaired) electrons. The maximum atomic E-state index is 5.32. The molecule has 5 nitrogen and oxygen atoms in total. The third-order valence-corrected chi connectivity index (χ3v) is 3.47. The Morgan fingerprint density at radius 2 is 1.45 bits per heavy atom. The van der Waals surface area contributed by atoms with Gasteiger partial charge in [0.05, 0.1) is 21.3 Å². The highest BCUT2D eigenvalue weighted by Crippen LogP contribution is 2.40. The lowest BCUT2D eigenvalue weighted by atomic mass is 10.1. The van der Waals surface area contributed by atoms with Crippen LogP contribution in [0, 0.1) is 0 Å². The Hall–Kier alpha value is -1.95. The van der Waals surface area contributed by atoms with E-state index >= 15 is 0 Å². The van der Waals surface area contributed by atoms with Gasteiger partial charge in [-0.3, -0.25) is 0 Å². The van der Waals surface area contributed by atoms with E-state index < -0.39 is 0 Å². The van der Waals surface area contributed by atoms with Gasteiger partial charge in [0, 0.05) is 22.9 Å². The van der Waals surface area contributed by atoms with Gasteiger partial charge in [0.15, 0.2) is 17.3 Å². The van der Waals surface area contributed by atoms with Crippen molar-refractivity contribution >= 4 is 11.8 Å². The third kappa shape index (κ3) is 2.80. The van der Waals surface area contributed by atoms with Gasteiger partial charge >= 0.3 is 0 Å². The minimum atomic E-state index is 0.555. The topological polar surface area (TPSA) is 53.5 Å². The van der Waals surface area contributed by atoms with Crippen molar-refractivity contribution in [3.05, 3.63) is 24.5 Å². The summed E-state index contributed by atoms with van der Waals surface area (Å²) in [4.78, 5) is 9.70. The van der Waals surface area contributed by atoms with Crippen LogP contribution in [0.15, 0.2) is 29.4 Å². The Morgan fingerprint density at radius 3 is 1.85 bits per heavy atom. The van der Waals surface area contributed by atoms with Crippen LogP contribution in [0.2, 0.25) is 0 Å². The molecule has 0 saturated carbocycles. The van der Waals surface area contributed by atoms with Crippen LogP contribution in [0.4, 0.5) is 0 Å². The zero-order valence-corrected chi connectivity index (χ0v) is 12.7. The largest absolute Gasteiger partial charge is 0.493 e. The van der Waals surface area contributed by atoms with Crippen molar-refractivity contribution in [1.82, 2.24) is 9.97 Å². The molecule has 0 unspecified atom stereocenters. The molecule has 0 amide bonds. The first-order valence-corrected chi connectivity index (χ1v) is 7.12. The molecule has 1 heterocycles. The number of rotatable bonds is 5. The summed E-state index contributed by atoms with van der Waals surface area (Å²) in [5, 5.41) is 0. The molecule has 0 atom stereocenters. The standard InChI is InChI=1S/C14H16N2O3S/c1-17-11-5-9(6-12(18-2)13(11)19-3)14-15-7-10(20-4)8-16-14/h5-8H,1-4H3. The van der Waals surface area contributed by atoms with Gasteiger partial charge in [0.25, 0.3) is 0 Å². The molecule has 0 bridgehead atoms. The van der Waals surface area contributed by atoms with Crippen molar-refractivity contribution in [3.8, 4) is 28.6 Å². The summed E-state index contributed by atoms with van der Waals surface area (Å²) in [5.41, 5.74) is 0.812. The number of aromatic nitrogens is 2. The minimum absolute atomic E-state index is 0.555. The molecule has 2 rings (SSSR count). The van der Waals surface area contributed by atoms with Crippen molar-refractivity contribution in [2.24, 2.45) is 0 Å². The first-order chi connectivity index (χ1) is 9.73. The summed E-state index contributed by atoms with van der Waals surface area (Å²) < 4.78 is 15.9. The second-order valence-electron chi connectivity index (χ2n) is 3.86. The molecule has 0 spiro atoms. The predicted molar refractivity (Wildman–Crippen MR) is 78.9 cm³/mol. The normalized spacial score (nSPS) is 10.2. The smallest absolute Gasteiger partial charge is 0.203 e. The van der Waals surface area contributed by atoms with Crippen LogP contribution in [0.1, 0.15) is 0 Å². The Kier molecular flexibility index (Phi) is 4.68. The quantitative estimate of drug-likeness (QED) is 0.790. The minimum Gasteiger partial charge on any atom is -0.493 e. The van der Waals surface area contributed by atoms with E-state index in [0.717, 1.165) is 10.5 Å². The summed E-state index contributed by atoms with van der Waals surface area (Å²) in [6.07, 6.45) is 5.56. The number of hydrogen-bond acceptors (Lipinski definition) is 6. The van der Waals surface area contributed by atoms with Crippen molar-refractivity contribution < 1.29 is 14.2 Å². The zero-order valence-electron chi connectivity index (χ0n) is 11.8. The van der Waals surface area contributed by atoms with Gasteiger partial charge in [0.2, 0.25) is 5.75 Å². The molecule has 1 aromatic carbocycles. The number of ether oxygens (including phenoxy) is 3. The summed E-state index contributed by atoms with van der Waals surface area (Å²) in [5.74, 6) is 2.33. The van der Waals surface area contributed by atoms with Gasteiger partial charge in [-0.15, -0.1) is 11.8 Å². The van der Waals surface area contributed by atoms with Gasteiger partial charge in [-0.1, -0.05) is 0 Å². The Balaban J connectivity index is 2.50. The van der Waals surface area contributed by atoms with Crippen molar-refractivity contribution in [2.75, 3.05) is 27.6 Å². The number of benzene rings is 1. The van der Waals surface area contributed by atoms with E-state index in [0.29, 0.717) is 23.1 Å². The van der Waals surface area contributed by atoms with Crippen LogP contribution in [0.25, 0.3) is 11.4 Å². The highest BCUT2D eigenvalue weighted by molar-refractivity contribution is 7.98. The predicted octanol–water partition coefficient (Wildman–Crippen LogP) is 2.89. The molecular weight excluding hydrogens is 276 g/mol. The SMILES string of the molecule is COc1cc(-c2ncc(SC)cn2)cc(OC)c1OC. The van der Waals surface area contributed by atoms with Gasteiger partial charge in [-0.2, -0.15) is 0 Å². The van der Waals surface area contributed by atoms with E-state index in [1.165, 1.54) is 0 Å². The van der Waals surface area contributed by atoms with Gasteiger partial charge in [0.1, 0.15) is 0 Å². The molecule has 20 heavy (non-hydrogen) atoms. The van der Waals surface area contributed by atoms with Crippen LogP contribution in [-0.4, -0.2) is 37.6 Å². The molecule has 0 aliphatic rings. The van der Waals surface area contributed by atoms with Crippen molar-refractivity contribution in [1.29, 1.82) is 0 Å². The van der Waals surface area contributed by atoms with Crippen LogP contribution in [-0.2, 0) is 0 Å². The Labute approximate surface area is 122 Å². The molecule has 0 saturated heterocycles. The first kappa shape index (κ1) is 14.5.